The molecule has 0 heterocycles. The van der Waals surface area contributed by atoms with Crippen molar-refractivity contribution in [1.29, 1.82) is 0 Å². The fraction of sp³-hybridized carbons (Fsp3) is 1.00. The summed E-state index contributed by atoms with van der Waals surface area (Å²) in [6, 6.07) is 0. The van der Waals surface area contributed by atoms with E-state index in [0.717, 1.165) is 5.92 Å². The van der Waals surface area contributed by atoms with Gasteiger partial charge in [0.2, 0.25) is 0 Å². The van der Waals surface area contributed by atoms with Crippen molar-refractivity contribution in [2.75, 3.05) is 0 Å². The Balaban J connectivity index is 2.40. The van der Waals surface area contributed by atoms with Crippen LogP contribution < -0.4 is 0 Å². The highest BCUT2D eigenvalue weighted by Crippen LogP contribution is 2.40. The molecule has 0 aromatic carbocycles. The zero-order valence-electron chi connectivity index (χ0n) is 5.61. The van der Waals surface area contributed by atoms with Crippen LogP contribution >= 0.6 is 22.9 Å². The molecule has 3 heteroatoms. The van der Waals surface area contributed by atoms with Crippen molar-refractivity contribution in [1.82, 2.24) is 0 Å². The van der Waals surface area contributed by atoms with Crippen LogP contribution in [0.5, 0.6) is 0 Å². The van der Waals surface area contributed by atoms with E-state index >= 15 is 0 Å². The minimum absolute atomic E-state index is 0.137. The molecule has 1 rings (SSSR count). The summed E-state index contributed by atoms with van der Waals surface area (Å²) >= 11 is 11.5. The summed E-state index contributed by atoms with van der Waals surface area (Å²) in [6.07, 6.45) is 3.83. The number of hydrogen-bond acceptors (Lipinski definition) is 0. The third kappa shape index (κ3) is 1.78. The van der Waals surface area contributed by atoms with Crippen molar-refractivity contribution < 1.29 is 0 Å². The van der Waals surface area contributed by atoms with Gasteiger partial charge in [-0.3, -0.25) is 0 Å². The van der Waals surface area contributed by atoms with Crippen LogP contribution in [0.1, 0.15) is 26.2 Å². The summed E-state index contributed by atoms with van der Waals surface area (Å²) in [7, 11) is 0. The van der Waals surface area contributed by atoms with Gasteiger partial charge in [-0.05, 0) is 11.7 Å². The molecule has 0 aromatic heterocycles. The van der Waals surface area contributed by atoms with Crippen molar-refractivity contribution in [2.24, 2.45) is 5.92 Å². The molecule has 0 N–H and O–H groups in total. The lowest BCUT2D eigenvalue weighted by atomic mass is 9.77. The van der Waals surface area contributed by atoms with Gasteiger partial charge in [-0.2, -0.15) is 22.9 Å². The highest BCUT2D eigenvalue weighted by molar-refractivity contribution is 7.34. The minimum atomic E-state index is -0.137. The predicted molar refractivity (Wildman–Crippen MR) is 44.2 cm³/mol. The Morgan fingerprint density at radius 3 is 2.22 bits per heavy atom. The lowest BCUT2D eigenvalue weighted by molar-refractivity contribution is 0.608. The molecular weight excluding hydrogens is 154 g/mol. The second kappa shape index (κ2) is 3.16. The van der Waals surface area contributed by atoms with Crippen molar-refractivity contribution in [3.8, 4) is 0 Å². The van der Waals surface area contributed by atoms with Crippen molar-refractivity contribution in [2.45, 2.75) is 32.0 Å². The summed E-state index contributed by atoms with van der Waals surface area (Å²) in [5.74, 6) is 1.30. The standard InChI is InChI=1S/C6H11BCl2/c1-5-3-2-4-6(5)7(8)9/h5-6H,2-4H2,1H3/t5-,6-/m1/s1. The molecule has 9 heavy (non-hydrogen) atoms. The Labute approximate surface area is 66.8 Å². The molecular formula is C6H11BCl2. The summed E-state index contributed by atoms with van der Waals surface area (Å²) < 4.78 is 0. The molecule has 1 saturated carbocycles. The van der Waals surface area contributed by atoms with E-state index < -0.39 is 0 Å². The summed E-state index contributed by atoms with van der Waals surface area (Å²) in [5, 5.41) is 0. The maximum Gasteiger partial charge on any atom is 0.354 e. The lowest BCUT2D eigenvalue weighted by Gasteiger charge is -2.12. The SMILES string of the molecule is C[C@@H]1CCC[C@H]1B(Cl)Cl. The van der Waals surface area contributed by atoms with Crippen LogP contribution in [0.4, 0.5) is 0 Å². The summed E-state index contributed by atoms with van der Waals surface area (Å²) in [4.78, 5) is 0. The predicted octanol–water partition coefficient (Wildman–Crippen LogP) is 3.14. The molecule has 0 aliphatic heterocycles. The van der Waals surface area contributed by atoms with E-state index in [1.807, 2.05) is 0 Å². The van der Waals surface area contributed by atoms with Gasteiger partial charge in [0.25, 0.3) is 0 Å². The molecule has 1 aliphatic rings. The van der Waals surface area contributed by atoms with Crippen LogP contribution in [0.3, 0.4) is 0 Å². The van der Waals surface area contributed by atoms with Crippen LogP contribution in [0.15, 0.2) is 0 Å². The average Bonchev–Trinajstić information content (AvgIpc) is 2.13. The normalized spacial score (nSPS) is 35.0. The van der Waals surface area contributed by atoms with Gasteiger partial charge in [0.05, 0.1) is 0 Å². The van der Waals surface area contributed by atoms with Crippen LogP contribution in [0.25, 0.3) is 0 Å². The monoisotopic (exact) mass is 164 g/mol. The zero-order chi connectivity index (χ0) is 6.85. The van der Waals surface area contributed by atoms with Gasteiger partial charge in [0.1, 0.15) is 0 Å². The van der Waals surface area contributed by atoms with Gasteiger partial charge in [-0.15, -0.1) is 0 Å². The summed E-state index contributed by atoms with van der Waals surface area (Å²) in [5.41, 5.74) is -0.137. The van der Waals surface area contributed by atoms with Crippen molar-refractivity contribution in [3.63, 3.8) is 0 Å². The zero-order valence-corrected chi connectivity index (χ0v) is 7.12. The molecule has 0 nitrogen and oxygen atoms in total. The topological polar surface area (TPSA) is 0 Å². The number of hydrogen-bond donors (Lipinski definition) is 0. The first-order chi connectivity index (χ1) is 4.22. The average molecular weight is 165 g/mol. The summed E-state index contributed by atoms with van der Waals surface area (Å²) in [6.45, 7) is 2.23. The lowest BCUT2D eigenvalue weighted by Crippen LogP contribution is -2.09. The molecule has 1 aliphatic carbocycles. The minimum Gasteiger partial charge on any atom is -0.171 e. The van der Waals surface area contributed by atoms with E-state index in [0.29, 0.717) is 5.82 Å². The van der Waals surface area contributed by atoms with Gasteiger partial charge in [0.15, 0.2) is 0 Å². The second-order valence-corrected chi connectivity index (χ2v) is 4.07. The quantitative estimate of drug-likeness (QED) is 0.523. The first-order valence-corrected chi connectivity index (χ1v) is 4.37. The fourth-order valence-corrected chi connectivity index (χ4v) is 2.30. The molecule has 0 bridgehead atoms. The fourth-order valence-electron chi connectivity index (χ4n) is 1.55. The van der Waals surface area contributed by atoms with Crippen molar-refractivity contribution in [3.05, 3.63) is 0 Å². The van der Waals surface area contributed by atoms with E-state index in [9.17, 15) is 0 Å². The van der Waals surface area contributed by atoms with E-state index in [2.05, 4.69) is 6.92 Å². The number of rotatable bonds is 1. The Morgan fingerprint density at radius 2 is 2.00 bits per heavy atom. The smallest absolute Gasteiger partial charge is 0.171 e. The van der Waals surface area contributed by atoms with E-state index in [-0.39, 0.29) is 5.54 Å². The third-order valence-corrected chi connectivity index (χ3v) is 2.90. The van der Waals surface area contributed by atoms with E-state index in [4.69, 9.17) is 22.9 Å². The second-order valence-electron chi connectivity index (χ2n) is 2.91. The Kier molecular flexibility index (Phi) is 2.72. The maximum atomic E-state index is 5.74. The molecule has 1 fully saturated rings. The molecule has 52 valence electrons. The van der Waals surface area contributed by atoms with Crippen LogP contribution in [0, 0.1) is 5.92 Å². The van der Waals surface area contributed by atoms with Gasteiger partial charge in [-0.1, -0.05) is 26.2 Å². The Bertz CT molecular complexity index is 95.1. The van der Waals surface area contributed by atoms with E-state index in [1.54, 1.807) is 0 Å². The maximum absolute atomic E-state index is 5.74. The van der Waals surface area contributed by atoms with Crippen LogP contribution in [-0.4, -0.2) is 5.54 Å². The van der Waals surface area contributed by atoms with Gasteiger partial charge in [0, 0.05) is 0 Å². The van der Waals surface area contributed by atoms with Crippen LogP contribution in [0.2, 0.25) is 5.82 Å². The molecule has 0 aromatic rings. The highest BCUT2D eigenvalue weighted by atomic mass is 35.5. The molecule has 0 saturated heterocycles. The number of halogens is 2. The van der Waals surface area contributed by atoms with Crippen LogP contribution in [-0.2, 0) is 0 Å². The third-order valence-electron chi connectivity index (χ3n) is 2.25. The Hall–Kier alpha value is 0.645. The van der Waals surface area contributed by atoms with Gasteiger partial charge in [-0.25, -0.2) is 0 Å². The molecule has 0 amide bonds. The van der Waals surface area contributed by atoms with Gasteiger partial charge < -0.3 is 0 Å². The molecule has 0 unspecified atom stereocenters. The van der Waals surface area contributed by atoms with Gasteiger partial charge >= 0.3 is 5.54 Å². The first kappa shape index (κ1) is 7.75. The molecule has 0 spiro atoms. The highest BCUT2D eigenvalue weighted by Gasteiger charge is 2.31. The Morgan fingerprint density at radius 1 is 1.33 bits per heavy atom. The van der Waals surface area contributed by atoms with Crippen molar-refractivity contribution >= 4 is 28.5 Å². The van der Waals surface area contributed by atoms with E-state index in [1.165, 1.54) is 19.3 Å². The first-order valence-electron chi connectivity index (χ1n) is 3.50. The largest absolute Gasteiger partial charge is 0.354 e. The molecule has 2 atom stereocenters. The molecule has 0 radical (unpaired) electrons.